The number of hydrogen-bond acceptors (Lipinski definition) is 4. The second kappa shape index (κ2) is 8.98. The van der Waals surface area contributed by atoms with Crippen molar-refractivity contribution in [3.8, 4) is 11.4 Å². The van der Waals surface area contributed by atoms with Crippen molar-refractivity contribution in [3.05, 3.63) is 94.0 Å². The molecule has 1 fully saturated rings. The number of para-hydroxylation sites is 1. The number of anilines is 1. The number of rotatable bonds is 4. The highest BCUT2D eigenvalue weighted by Gasteiger charge is 2.31. The van der Waals surface area contributed by atoms with Crippen LogP contribution in [0.25, 0.3) is 22.3 Å². The van der Waals surface area contributed by atoms with Crippen molar-refractivity contribution in [3.63, 3.8) is 0 Å². The summed E-state index contributed by atoms with van der Waals surface area (Å²) in [7, 11) is 0. The Hall–Kier alpha value is -4.01. The first-order valence-electron chi connectivity index (χ1n) is 11.1. The van der Waals surface area contributed by atoms with Gasteiger partial charge in [-0.25, -0.2) is 9.37 Å². The summed E-state index contributed by atoms with van der Waals surface area (Å²) in [4.78, 5) is 19.6. The quantitative estimate of drug-likeness (QED) is 0.278. The van der Waals surface area contributed by atoms with Gasteiger partial charge < -0.3 is 4.90 Å². The highest BCUT2D eigenvalue weighted by Crippen LogP contribution is 2.32. The Morgan fingerprint density at radius 3 is 2.46 bits per heavy atom. The van der Waals surface area contributed by atoms with Crippen molar-refractivity contribution >= 4 is 22.8 Å². The van der Waals surface area contributed by atoms with Gasteiger partial charge >= 0.3 is 6.18 Å². The maximum absolute atomic E-state index is 14.7. The molecule has 1 aromatic heterocycles. The van der Waals surface area contributed by atoms with Crippen molar-refractivity contribution < 1.29 is 17.6 Å². The predicted molar refractivity (Wildman–Crippen MR) is 127 cm³/mol. The lowest BCUT2D eigenvalue weighted by Gasteiger charge is -2.18. The summed E-state index contributed by atoms with van der Waals surface area (Å²) in [6, 6.07) is 15.7. The molecule has 5 nitrogen and oxygen atoms in total. The van der Waals surface area contributed by atoms with Gasteiger partial charge in [0.1, 0.15) is 5.82 Å². The Labute approximate surface area is 198 Å². The Kier molecular flexibility index (Phi) is 5.84. The van der Waals surface area contributed by atoms with E-state index in [9.17, 15) is 22.4 Å². The molecule has 0 amide bonds. The summed E-state index contributed by atoms with van der Waals surface area (Å²) in [5.41, 5.74) is -0.0944. The maximum Gasteiger partial charge on any atom is 0.416 e. The molecule has 3 aromatic carbocycles. The van der Waals surface area contributed by atoms with Crippen LogP contribution in [0.5, 0.6) is 0 Å². The van der Waals surface area contributed by atoms with Crippen molar-refractivity contribution in [2.45, 2.75) is 19.0 Å². The molecular weight excluding hydrogens is 460 g/mol. The van der Waals surface area contributed by atoms with Gasteiger partial charge in [-0.15, -0.1) is 0 Å². The lowest BCUT2D eigenvalue weighted by molar-refractivity contribution is -0.137. The van der Waals surface area contributed by atoms with Crippen LogP contribution in [0.4, 0.5) is 23.2 Å². The standard InChI is InChI=1S/C26H20F4N4O/c27-21-14-17(10-11-23(21)33-12-3-4-13-33)16-31-34-24(18-6-5-7-19(15-18)26(28,29)30)32-22-9-2-1-8-20(22)25(34)35/h1-2,5-11,14-16H,3-4,12-13H2. The highest BCUT2D eigenvalue weighted by atomic mass is 19.4. The SMILES string of the molecule is O=c1c2ccccc2nc(-c2cccc(C(F)(F)F)c2)n1N=Cc1ccc(N2CCCC2)c(F)c1. The number of fused-ring (bicyclic) bond motifs is 1. The van der Waals surface area contributed by atoms with Crippen LogP contribution in [0, 0.1) is 5.82 Å². The van der Waals surface area contributed by atoms with Gasteiger partial charge in [0.15, 0.2) is 5.82 Å². The first kappa shape index (κ1) is 22.8. The fourth-order valence-corrected chi connectivity index (χ4v) is 4.19. The number of hydrogen-bond donors (Lipinski definition) is 0. The summed E-state index contributed by atoms with van der Waals surface area (Å²) >= 11 is 0. The fraction of sp³-hybridized carbons (Fsp3) is 0.192. The molecule has 0 spiro atoms. The summed E-state index contributed by atoms with van der Waals surface area (Å²) in [6.07, 6.45) is -1.24. The molecule has 0 radical (unpaired) electrons. The van der Waals surface area contributed by atoms with Gasteiger partial charge in [-0.05, 0) is 54.8 Å². The number of aromatic nitrogens is 2. The van der Waals surface area contributed by atoms with E-state index in [1.807, 2.05) is 4.90 Å². The topological polar surface area (TPSA) is 50.5 Å². The lowest BCUT2D eigenvalue weighted by atomic mass is 10.1. The molecule has 35 heavy (non-hydrogen) atoms. The van der Waals surface area contributed by atoms with Gasteiger partial charge in [-0.2, -0.15) is 22.9 Å². The fourth-order valence-electron chi connectivity index (χ4n) is 4.19. The van der Waals surface area contributed by atoms with E-state index in [-0.39, 0.29) is 16.8 Å². The zero-order chi connectivity index (χ0) is 24.6. The molecule has 0 aliphatic carbocycles. The Bertz CT molecular complexity index is 1490. The summed E-state index contributed by atoms with van der Waals surface area (Å²) in [5.74, 6) is -0.455. The smallest absolute Gasteiger partial charge is 0.369 e. The number of alkyl halides is 3. The van der Waals surface area contributed by atoms with E-state index in [1.54, 1.807) is 36.4 Å². The zero-order valence-corrected chi connectivity index (χ0v) is 18.5. The lowest BCUT2D eigenvalue weighted by Crippen LogP contribution is -2.20. The van der Waals surface area contributed by atoms with Crippen LogP contribution >= 0.6 is 0 Å². The molecule has 2 heterocycles. The van der Waals surface area contributed by atoms with E-state index in [0.717, 1.165) is 42.7 Å². The molecule has 0 bridgehead atoms. The van der Waals surface area contributed by atoms with E-state index in [4.69, 9.17) is 0 Å². The van der Waals surface area contributed by atoms with Crippen LogP contribution in [-0.4, -0.2) is 29.0 Å². The van der Waals surface area contributed by atoms with Gasteiger partial charge in [0.05, 0.1) is 28.4 Å². The van der Waals surface area contributed by atoms with Crippen LogP contribution in [0.2, 0.25) is 0 Å². The van der Waals surface area contributed by atoms with Crippen LogP contribution < -0.4 is 10.5 Å². The summed E-state index contributed by atoms with van der Waals surface area (Å²) in [6.45, 7) is 1.59. The van der Waals surface area contributed by atoms with Crippen LogP contribution in [0.1, 0.15) is 24.0 Å². The Morgan fingerprint density at radius 2 is 1.71 bits per heavy atom. The normalized spacial score (nSPS) is 14.3. The first-order valence-corrected chi connectivity index (χ1v) is 11.1. The monoisotopic (exact) mass is 480 g/mol. The first-order chi connectivity index (χ1) is 16.8. The molecule has 178 valence electrons. The average molecular weight is 480 g/mol. The van der Waals surface area contributed by atoms with E-state index in [0.29, 0.717) is 16.8 Å². The third-order valence-corrected chi connectivity index (χ3v) is 5.94. The van der Waals surface area contributed by atoms with Crippen LogP contribution in [0.3, 0.4) is 0 Å². The van der Waals surface area contributed by atoms with Gasteiger partial charge in [-0.3, -0.25) is 4.79 Å². The van der Waals surface area contributed by atoms with Gasteiger partial charge in [0, 0.05) is 18.7 Å². The zero-order valence-electron chi connectivity index (χ0n) is 18.5. The summed E-state index contributed by atoms with van der Waals surface area (Å²) < 4.78 is 55.6. The molecular formula is C26H20F4N4O. The van der Waals surface area contributed by atoms with Crippen molar-refractivity contribution in [2.24, 2.45) is 5.10 Å². The number of nitrogens with zero attached hydrogens (tertiary/aromatic N) is 4. The minimum Gasteiger partial charge on any atom is -0.369 e. The number of halogens is 4. The third-order valence-electron chi connectivity index (χ3n) is 5.94. The second-order valence-corrected chi connectivity index (χ2v) is 8.30. The van der Waals surface area contributed by atoms with Crippen molar-refractivity contribution in [1.82, 2.24) is 9.66 Å². The second-order valence-electron chi connectivity index (χ2n) is 8.30. The average Bonchev–Trinajstić information content (AvgIpc) is 3.38. The highest BCUT2D eigenvalue weighted by molar-refractivity contribution is 5.82. The van der Waals surface area contributed by atoms with Gasteiger partial charge in [0.25, 0.3) is 5.56 Å². The minimum atomic E-state index is -4.56. The van der Waals surface area contributed by atoms with Crippen LogP contribution in [0.15, 0.2) is 76.6 Å². The Morgan fingerprint density at radius 1 is 0.943 bits per heavy atom. The molecule has 9 heteroatoms. The molecule has 4 aromatic rings. The van der Waals surface area contributed by atoms with Gasteiger partial charge in [0.2, 0.25) is 0 Å². The van der Waals surface area contributed by atoms with E-state index in [2.05, 4.69) is 10.1 Å². The van der Waals surface area contributed by atoms with Gasteiger partial charge in [-0.1, -0.05) is 30.3 Å². The van der Waals surface area contributed by atoms with E-state index >= 15 is 0 Å². The largest absolute Gasteiger partial charge is 0.416 e. The molecule has 0 N–H and O–H groups in total. The van der Waals surface area contributed by atoms with E-state index in [1.165, 1.54) is 24.4 Å². The predicted octanol–water partition coefficient (Wildman–Crippen LogP) is 5.70. The number of benzene rings is 3. The molecule has 1 aliphatic rings. The Balaban J connectivity index is 1.61. The van der Waals surface area contributed by atoms with Crippen molar-refractivity contribution in [1.29, 1.82) is 0 Å². The van der Waals surface area contributed by atoms with Crippen LogP contribution in [-0.2, 0) is 6.18 Å². The summed E-state index contributed by atoms with van der Waals surface area (Å²) in [5, 5.41) is 4.48. The maximum atomic E-state index is 14.7. The molecule has 0 saturated carbocycles. The molecule has 1 aliphatic heterocycles. The molecule has 1 saturated heterocycles. The molecule has 5 rings (SSSR count). The third kappa shape index (κ3) is 4.53. The molecule has 0 atom stereocenters. The van der Waals surface area contributed by atoms with E-state index < -0.39 is 23.1 Å². The minimum absolute atomic E-state index is 0.0507. The van der Waals surface area contributed by atoms with Crippen molar-refractivity contribution in [2.75, 3.05) is 18.0 Å². The molecule has 0 unspecified atom stereocenters.